The number of hydrogen-bond acceptors (Lipinski definition) is 20. The van der Waals surface area contributed by atoms with Crippen molar-refractivity contribution in [3.63, 3.8) is 0 Å². The first-order valence-corrected chi connectivity index (χ1v) is 21.8. The summed E-state index contributed by atoms with van der Waals surface area (Å²) in [6, 6.07) is 0. The number of aliphatic hydroxyl groups excluding tert-OH is 9. The van der Waals surface area contributed by atoms with Crippen LogP contribution in [0.25, 0.3) is 0 Å². The number of carbonyl (C=O) groups excluding carboxylic acids is 2. The summed E-state index contributed by atoms with van der Waals surface area (Å²) in [6.45, 7) is 6.41. The number of fused-ring (bicyclic) bond motifs is 2. The molecule has 10 N–H and O–H groups in total. The Bertz CT molecular complexity index is 1570. The standard InChI is InChI=1S/C42H66O20/c1-18(9-11-55-36(52)23-16-58-39(29-21(23)8-10-42(29,4)54)62-41-35(51)33(49)31(47)27(14-44)60-41)6-5-7-19(2)15-56-37(53)24-17-57-38(28-20(3)25(45)12-22(24)28)61-40-34(50)32(48)30(46)26(13-43)59-40/h16-22,25-35,38-41,43-51,54H,5-15H2,1-4H3/t18-,19+,20-,21-,22-,25+,26-,27-,28-,29-,30-,31-,32+,33+,34-,35-,38+,39+,40+,41+,42+/m1/s1. The van der Waals surface area contributed by atoms with Gasteiger partial charge in [0.2, 0.25) is 12.6 Å². The van der Waals surface area contributed by atoms with Crippen LogP contribution in [-0.4, -0.2) is 175 Å². The van der Waals surface area contributed by atoms with Crippen LogP contribution in [0.4, 0.5) is 0 Å². The quantitative estimate of drug-likeness (QED) is 0.0738. The highest BCUT2D eigenvalue weighted by molar-refractivity contribution is 5.89. The fourth-order valence-corrected chi connectivity index (χ4v) is 9.76. The van der Waals surface area contributed by atoms with Crippen molar-refractivity contribution < 1.29 is 98.5 Å². The molecule has 20 nitrogen and oxygen atoms in total. The molecule has 21 atom stereocenters. The highest BCUT2D eigenvalue weighted by atomic mass is 16.8. The van der Waals surface area contributed by atoms with Gasteiger partial charge in [0.1, 0.15) is 48.8 Å². The van der Waals surface area contributed by atoms with E-state index in [1.54, 1.807) is 13.8 Å². The third kappa shape index (κ3) is 10.4. The lowest BCUT2D eigenvalue weighted by molar-refractivity contribution is -0.346. The highest BCUT2D eigenvalue weighted by Gasteiger charge is 2.57. The maximum atomic E-state index is 13.3. The van der Waals surface area contributed by atoms with Crippen molar-refractivity contribution in [3.05, 3.63) is 23.7 Å². The zero-order valence-electron chi connectivity index (χ0n) is 35.5. The van der Waals surface area contributed by atoms with E-state index in [2.05, 4.69) is 0 Å². The Hall–Kier alpha value is -2.54. The van der Waals surface area contributed by atoms with Gasteiger partial charge in [-0.25, -0.2) is 9.59 Å². The molecular weight excluding hydrogens is 824 g/mol. The Labute approximate surface area is 359 Å². The molecule has 0 unspecified atom stereocenters. The van der Waals surface area contributed by atoms with Gasteiger partial charge in [0.05, 0.1) is 67.7 Å². The third-order valence-electron chi connectivity index (χ3n) is 13.8. The zero-order valence-corrected chi connectivity index (χ0v) is 35.5. The van der Waals surface area contributed by atoms with Gasteiger partial charge in [-0.3, -0.25) is 0 Å². The largest absolute Gasteiger partial charge is 0.472 e. The van der Waals surface area contributed by atoms with Crippen molar-refractivity contribution in [2.24, 2.45) is 41.4 Å². The summed E-state index contributed by atoms with van der Waals surface area (Å²) in [5.74, 6) is -3.62. The van der Waals surface area contributed by atoms with Crippen LogP contribution in [-0.2, 0) is 47.5 Å². The monoisotopic (exact) mass is 890 g/mol. The molecule has 4 aliphatic heterocycles. The lowest BCUT2D eigenvalue weighted by Gasteiger charge is -2.44. The zero-order chi connectivity index (χ0) is 45.2. The molecule has 354 valence electrons. The molecule has 0 bridgehead atoms. The molecule has 62 heavy (non-hydrogen) atoms. The summed E-state index contributed by atoms with van der Waals surface area (Å²) in [6.07, 6.45) is -11.7. The Kier molecular flexibility index (Phi) is 16.4. The van der Waals surface area contributed by atoms with E-state index >= 15 is 0 Å². The van der Waals surface area contributed by atoms with Crippen LogP contribution < -0.4 is 0 Å². The predicted molar refractivity (Wildman–Crippen MR) is 208 cm³/mol. The van der Waals surface area contributed by atoms with E-state index in [1.165, 1.54) is 12.5 Å². The summed E-state index contributed by atoms with van der Waals surface area (Å²) in [4.78, 5) is 26.6. The van der Waals surface area contributed by atoms with Gasteiger partial charge in [0.15, 0.2) is 12.6 Å². The number of rotatable bonds is 17. The van der Waals surface area contributed by atoms with Crippen LogP contribution in [0, 0.1) is 41.4 Å². The van der Waals surface area contributed by atoms with Gasteiger partial charge < -0.3 is 89.0 Å². The minimum Gasteiger partial charge on any atom is -0.472 e. The molecule has 0 radical (unpaired) electrons. The Morgan fingerprint density at radius 3 is 1.85 bits per heavy atom. The van der Waals surface area contributed by atoms with Gasteiger partial charge in [-0.15, -0.1) is 0 Å². The average molecular weight is 891 g/mol. The Balaban J connectivity index is 0.921. The molecule has 0 amide bonds. The van der Waals surface area contributed by atoms with Gasteiger partial charge in [-0.1, -0.05) is 33.6 Å². The second-order valence-electron chi connectivity index (χ2n) is 18.4. The minimum atomic E-state index is -1.67. The normalized spacial score (nSPS) is 43.8. The molecule has 0 aromatic rings. The molecule has 2 aliphatic carbocycles. The summed E-state index contributed by atoms with van der Waals surface area (Å²) < 4.78 is 45.6. The Morgan fingerprint density at radius 1 is 0.726 bits per heavy atom. The molecule has 2 saturated carbocycles. The van der Waals surface area contributed by atoms with E-state index in [-0.39, 0.29) is 48.5 Å². The third-order valence-corrected chi connectivity index (χ3v) is 13.8. The topological polar surface area (TPSA) is 310 Å². The maximum absolute atomic E-state index is 13.3. The lowest BCUT2D eigenvalue weighted by atomic mass is 9.81. The molecule has 6 rings (SSSR count). The smallest absolute Gasteiger partial charge is 0.337 e. The second-order valence-corrected chi connectivity index (χ2v) is 18.4. The van der Waals surface area contributed by atoms with Crippen molar-refractivity contribution in [3.8, 4) is 0 Å². The average Bonchev–Trinajstić information content (AvgIpc) is 3.73. The number of carbonyl (C=O) groups is 2. The summed E-state index contributed by atoms with van der Waals surface area (Å²) in [7, 11) is 0. The lowest BCUT2D eigenvalue weighted by Crippen LogP contribution is -2.60. The van der Waals surface area contributed by atoms with Crippen LogP contribution in [0.2, 0.25) is 0 Å². The molecule has 4 heterocycles. The van der Waals surface area contributed by atoms with Gasteiger partial charge in [0, 0.05) is 17.8 Å². The van der Waals surface area contributed by atoms with Crippen molar-refractivity contribution in [2.75, 3.05) is 26.4 Å². The number of aliphatic hydroxyl groups is 10. The number of esters is 2. The van der Waals surface area contributed by atoms with Gasteiger partial charge in [0.25, 0.3) is 0 Å². The van der Waals surface area contributed by atoms with Crippen LogP contribution in [0.5, 0.6) is 0 Å². The SMILES string of the molecule is C[C@H](CCC[C@H](C)COC(=O)C1=CO[C@@H](O[C@@H]2O[C@H](CO)[C@@H](O)[C@H](O)[C@H]2O)[C@@H]2[C@H](C)[C@@H](O)C[C@H]12)CCOC(=O)C1=CO[C@@H](O[C@@H]2O[C@H](CO)[C@@H](O)[C@H](O)[C@H]2O)[C@H]2[C@@H]1CC[C@]2(C)O. The highest BCUT2D eigenvalue weighted by Crippen LogP contribution is 2.50. The Morgan fingerprint density at radius 2 is 1.26 bits per heavy atom. The van der Waals surface area contributed by atoms with Crippen LogP contribution >= 0.6 is 0 Å². The summed E-state index contributed by atoms with van der Waals surface area (Å²) >= 11 is 0. The molecule has 2 saturated heterocycles. The maximum Gasteiger partial charge on any atom is 0.337 e. The molecule has 0 spiro atoms. The first-order chi connectivity index (χ1) is 29.4. The van der Waals surface area contributed by atoms with Gasteiger partial charge in [-0.05, 0) is 56.8 Å². The van der Waals surface area contributed by atoms with Crippen LogP contribution in [0.3, 0.4) is 0 Å². The molecule has 0 aromatic carbocycles. The van der Waals surface area contributed by atoms with Crippen molar-refractivity contribution in [1.82, 2.24) is 0 Å². The number of hydrogen-bond donors (Lipinski definition) is 10. The van der Waals surface area contributed by atoms with Crippen LogP contribution in [0.1, 0.15) is 72.6 Å². The van der Waals surface area contributed by atoms with Crippen molar-refractivity contribution in [1.29, 1.82) is 0 Å². The number of ether oxygens (including phenoxy) is 8. The molecular formula is C42H66O20. The van der Waals surface area contributed by atoms with Crippen molar-refractivity contribution in [2.45, 2.75) is 158 Å². The fourth-order valence-electron chi connectivity index (χ4n) is 9.76. The fraction of sp³-hybridized carbons (Fsp3) is 0.857. The molecule has 0 aromatic heterocycles. The molecule has 20 heteroatoms. The van der Waals surface area contributed by atoms with E-state index in [0.29, 0.717) is 19.3 Å². The molecule has 6 aliphatic rings. The van der Waals surface area contributed by atoms with E-state index in [1.807, 2.05) is 13.8 Å². The van der Waals surface area contributed by atoms with Crippen LogP contribution in [0.15, 0.2) is 23.7 Å². The molecule has 4 fully saturated rings. The first kappa shape index (κ1) is 48.9. The van der Waals surface area contributed by atoms with Gasteiger partial charge in [-0.2, -0.15) is 0 Å². The second kappa shape index (κ2) is 20.7. The van der Waals surface area contributed by atoms with E-state index in [4.69, 9.17) is 37.9 Å². The van der Waals surface area contributed by atoms with E-state index < -0.39 is 135 Å². The van der Waals surface area contributed by atoms with E-state index in [9.17, 15) is 60.7 Å². The predicted octanol–water partition coefficient (Wildman–Crippen LogP) is -1.57. The minimum absolute atomic E-state index is 0.0172. The van der Waals surface area contributed by atoms with Gasteiger partial charge >= 0.3 is 11.9 Å². The van der Waals surface area contributed by atoms with Crippen molar-refractivity contribution >= 4 is 11.9 Å². The van der Waals surface area contributed by atoms with E-state index in [0.717, 1.165) is 19.3 Å². The summed E-state index contributed by atoms with van der Waals surface area (Å²) in [5.41, 5.74) is -0.839. The summed E-state index contributed by atoms with van der Waals surface area (Å²) in [5, 5.41) is 103. The first-order valence-electron chi connectivity index (χ1n) is 21.8.